The van der Waals surface area contributed by atoms with Gasteiger partial charge in [0.25, 0.3) is 0 Å². The summed E-state index contributed by atoms with van der Waals surface area (Å²) in [5.74, 6) is -0.668. The molecular weight excluding hydrogens is 230 g/mol. The standard InChI is InChI=1S/C14H25NO3/c1-3-5-12-10-11(6-9-18-12)15-8-4-7-14(15,2)13(16)17/h11-12H,3-10H2,1-2H3,(H,16,17). The molecule has 0 aromatic carbocycles. The lowest BCUT2D eigenvalue weighted by Crippen LogP contribution is -2.54. The van der Waals surface area contributed by atoms with Crippen LogP contribution in [-0.2, 0) is 9.53 Å². The quantitative estimate of drug-likeness (QED) is 0.837. The Kier molecular flexibility index (Phi) is 4.28. The summed E-state index contributed by atoms with van der Waals surface area (Å²) in [5, 5.41) is 9.47. The second kappa shape index (κ2) is 5.57. The van der Waals surface area contributed by atoms with Crippen LogP contribution in [0.3, 0.4) is 0 Å². The fourth-order valence-electron chi connectivity index (χ4n) is 3.47. The number of ether oxygens (including phenoxy) is 1. The fraction of sp³-hybridized carbons (Fsp3) is 0.929. The number of nitrogens with zero attached hydrogens (tertiary/aromatic N) is 1. The lowest BCUT2D eigenvalue weighted by Gasteiger charge is -2.41. The van der Waals surface area contributed by atoms with Crippen molar-refractivity contribution in [3.05, 3.63) is 0 Å². The van der Waals surface area contributed by atoms with Gasteiger partial charge in [-0.3, -0.25) is 9.69 Å². The van der Waals surface area contributed by atoms with Crippen molar-refractivity contribution >= 4 is 5.97 Å². The van der Waals surface area contributed by atoms with Crippen LogP contribution in [0.2, 0.25) is 0 Å². The molecule has 0 radical (unpaired) electrons. The molecule has 0 saturated carbocycles. The summed E-state index contributed by atoms with van der Waals surface area (Å²) >= 11 is 0. The summed E-state index contributed by atoms with van der Waals surface area (Å²) in [5.41, 5.74) is -0.654. The van der Waals surface area contributed by atoms with Gasteiger partial charge in [-0.15, -0.1) is 0 Å². The van der Waals surface area contributed by atoms with Gasteiger partial charge in [0, 0.05) is 12.6 Å². The van der Waals surface area contributed by atoms with Gasteiger partial charge in [0.15, 0.2) is 0 Å². The van der Waals surface area contributed by atoms with Crippen molar-refractivity contribution in [2.75, 3.05) is 13.2 Å². The number of hydrogen-bond acceptors (Lipinski definition) is 3. The molecule has 4 nitrogen and oxygen atoms in total. The molecule has 0 aromatic rings. The Labute approximate surface area is 109 Å². The molecule has 1 N–H and O–H groups in total. The Morgan fingerprint density at radius 3 is 3.00 bits per heavy atom. The van der Waals surface area contributed by atoms with Gasteiger partial charge < -0.3 is 9.84 Å². The molecule has 0 aliphatic carbocycles. The maximum atomic E-state index is 11.5. The molecule has 4 heteroatoms. The lowest BCUT2D eigenvalue weighted by atomic mass is 9.93. The van der Waals surface area contributed by atoms with Crippen molar-refractivity contribution in [2.45, 2.75) is 70.1 Å². The molecule has 0 bridgehead atoms. The maximum Gasteiger partial charge on any atom is 0.323 e. The minimum Gasteiger partial charge on any atom is -0.480 e. The Hall–Kier alpha value is -0.610. The van der Waals surface area contributed by atoms with Crippen LogP contribution in [0.4, 0.5) is 0 Å². The van der Waals surface area contributed by atoms with Gasteiger partial charge >= 0.3 is 5.97 Å². The molecule has 2 fully saturated rings. The number of likely N-dealkylation sites (tertiary alicyclic amines) is 1. The first-order chi connectivity index (χ1) is 8.58. The third-order valence-corrected chi connectivity index (χ3v) is 4.55. The number of carbonyl (C=O) groups is 1. The van der Waals surface area contributed by atoms with E-state index in [2.05, 4.69) is 11.8 Å². The minimum atomic E-state index is -0.668. The highest BCUT2D eigenvalue weighted by Crippen LogP contribution is 2.35. The average molecular weight is 255 g/mol. The predicted octanol–water partition coefficient (Wildman–Crippen LogP) is 2.27. The van der Waals surface area contributed by atoms with E-state index in [9.17, 15) is 9.90 Å². The molecule has 104 valence electrons. The van der Waals surface area contributed by atoms with E-state index in [-0.39, 0.29) is 0 Å². The Balaban J connectivity index is 2.04. The molecule has 2 aliphatic rings. The van der Waals surface area contributed by atoms with Crippen molar-refractivity contribution in [3.8, 4) is 0 Å². The molecule has 2 aliphatic heterocycles. The van der Waals surface area contributed by atoms with Crippen LogP contribution in [-0.4, -0.2) is 46.8 Å². The van der Waals surface area contributed by atoms with E-state index < -0.39 is 11.5 Å². The molecule has 3 atom stereocenters. The van der Waals surface area contributed by atoms with Crippen LogP contribution in [0.5, 0.6) is 0 Å². The van der Waals surface area contributed by atoms with Crippen LogP contribution < -0.4 is 0 Å². The van der Waals surface area contributed by atoms with Crippen LogP contribution >= 0.6 is 0 Å². The van der Waals surface area contributed by atoms with E-state index in [1.54, 1.807) is 0 Å². The number of carboxylic acid groups (broad SMARTS) is 1. The Bertz CT molecular complexity index is 305. The zero-order valence-electron chi connectivity index (χ0n) is 11.5. The topological polar surface area (TPSA) is 49.8 Å². The van der Waals surface area contributed by atoms with E-state index in [1.165, 1.54) is 0 Å². The monoisotopic (exact) mass is 255 g/mol. The van der Waals surface area contributed by atoms with Crippen LogP contribution in [0.25, 0.3) is 0 Å². The molecule has 18 heavy (non-hydrogen) atoms. The number of carboxylic acids is 1. The zero-order valence-corrected chi connectivity index (χ0v) is 11.5. The van der Waals surface area contributed by atoms with Crippen molar-refractivity contribution in [3.63, 3.8) is 0 Å². The van der Waals surface area contributed by atoms with Gasteiger partial charge in [-0.2, -0.15) is 0 Å². The normalized spacial score (nSPS) is 37.9. The van der Waals surface area contributed by atoms with Crippen LogP contribution in [0, 0.1) is 0 Å². The first-order valence-corrected chi connectivity index (χ1v) is 7.19. The smallest absolute Gasteiger partial charge is 0.323 e. The third-order valence-electron chi connectivity index (χ3n) is 4.55. The number of aliphatic carboxylic acids is 1. The number of rotatable bonds is 4. The Morgan fingerprint density at radius 2 is 2.33 bits per heavy atom. The first kappa shape index (κ1) is 13.8. The van der Waals surface area contributed by atoms with Crippen molar-refractivity contribution in [2.24, 2.45) is 0 Å². The zero-order chi connectivity index (χ0) is 13.2. The lowest BCUT2D eigenvalue weighted by molar-refractivity contribution is -0.152. The summed E-state index contributed by atoms with van der Waals surface area (Å²) in [6.07, 6.45) is 6.30. The van der Waals surface area contributed by atoms with Gasteiger partial charge in [-0.1, -0.05) is 13.3 Å². The largest absolute Gasteiger partial charge is 0.480 e. The van der Waals surface area contributed by atoms with Crippen LogP contribution in [0.15, 0.2) is 0 Å². The second-order valence-electron chi connectivity index (χ2n) is 5.84. The molecule has 3 unspecified atom stereocenters. The van der Waals surface area contributed by atoms with Crippen molar-refractivity contribution in [1.29, 1.82) is 0 Å². The minimum absolute atomic E-state index is 0.326. The second-order valence-corrected chi connectivity index (χ2v) is 5.84. The van der Waals surface area contributed by atoms with E-state index in [1.807, 2.05) is 6.92 Å². The van der Waals surface area contributed by atoms with E-state index >= 15 is 0 Å². The predicted molar refractivity (Wildman–Crippen MR) is 69.7 cm³/mol. The first-order valence-electron chi connectivity index (χ1n) is 7.19. The SMILES string of the molecule is CCCC1CC(N2CCCC2(C)C(=O)O)CCO1. The molecule has 0 spiro atoms. The van der Waals surface area contributed by atoms with Crippen LogP contribution in [0.1, 0.15) is 52.4 Å². The molecule has 0 aromatic heterocycles. The van der Waals surface area contributed by atoms with Gasteiger partial charge in [-0.05, 0) is 45.6 Å². The third kappa shape index (κ3) is 2.54. The van der Waals surface area contributed by atoms with E-state index in [4.69, 9.17) is 4.74 Å². The highest BCUT2D eigenvalue weighted by Gasteiger charge is 2.47. The molecular formula is C14H25NO3. The average Bonchev–Trinajstić information content (AvgIpc) is 2.74. The maximum absolute atomic E-state index is 11.5. The highest BCUT2D eigenvalue weighted by molar-refractivity contribution is 5.78. The van der Waals surface area contributed by atoms with Gasteiger partial charge in [0.2, 0.25) is 0 Å². The summed E-state index contributed by atoms with van der Waals surface area (Å²) in [7, 11) is 0. The number of hydrogen-bond donors (Lipinski definition) is 1. The summed E-state index contributed by atoms with van der Waals surface area (Å²) < 4.78 is 5.76. The fourth-order valence-corrected chi connectivity index (χ4v) is 3.47. The summed E-state index contributed by atoms with van der Waals surface area (Å²) in [6, 6.07) is 0.388. The summed E-state index contributed by atoms with van der Waals surface area (Å²) in [4.78, 5) is 13.7. The van der Waals surface area contributed by atoms with Gasteiger partial charge in [0.1, 0.15) is 5.54 Å². The van der Waals surface area contributed by atoms with Gasteiger partial charge in [-0.25, -0.2) is 0 Å². The Morgan fingerprint density at radius 1 is 1.56 bits per heavy atom. The summed E-state index contributed by atoms with van der Waals surface area (Å²) in [6.45, 7) is 5.75. The highest BCUT2D eigenvalue weighted by atomic mass is 16.5. The molecule has 2 saturated heterocycles. The molecule has 0 amide bonds. The molecule has 2 heterocycles. The molecule has 2 rings (SSSR count). The van der Waals surface area contributed by atoms with Crippen molar-refractivity contribution < 1.29 is 14.6 Å². The van der Waals surface area contributed by atoms with E-state index in [0.717, 1.165) is 51.7 Å². The van der Waals surface area contributed by atoms with Crippen molar-refractivity contribution in [1.82, 2.24) is 4.90 Å². The van der Waals surface area contributed by atoms with Gasteiger partial charge in [0.05, 0.1) is 6.10 Å². The van der Waals surface area contributed by atoms with E-state index in [0.29, 0.717) is 12.1 Å².